The summed E-state index contributed by atoms with van der Waals surface area (Å²) in [5.41, 5.74) is 3.22. The molecular weight excluding hydrogens is 406 g/mol. The first-order valence-electron chi connectivity index (χ1n) is 10.3. The summed E-state index contributed by atoms with van der Waals surface area (Å²) < 4.78 is 10.7. The third-order valence-corrected chi connectivity index (χ3v) is 4.68. The molecule has 6 nitrogen and oxygen atoms in total. The van der Waals surface area contributed by atoms with Gasteiger partial charge in [-0.15, -0.1) is 0 Å². The Bertz CT molecular complexity index is 1040. The molecular formula is C26H25NO5. The van der Waals surface area contributed by atoms with Crippen LogP contribution in [0.4, 0.5) is 5.69 Å². The van der Waals surface area contributed by atoms with Gasteiger partial charge in [-0.25, -0.2) is 0 Å². The number of anilines is 1. The standard InChI is InChI=1S/C26H25NO5/c1-19-7-11-22(12-8-19)27-25(29)15-16-26(30)32-18-24(28)21-9-13-23(14-10-21)31-17-20-5-3-2-4-6-20/h2-14H,15-18H2,1H3,(H,27,29). The molecule has 0 aliphatic heterocycles. The summed E-state index contributed by atoms with van der Waals surface area (Å²) >= 11 is 0. The molecule has 0 unspecified atom stereocenters. The van der Waals surface area contributed by atoms with Gasteiger partial charge in [-0.1, -0.05) is 48.0 Å². The number of Topliss-reactive ketones (excluding diaryl/α,β-unsaturated/α-hetero) is 1. The second-order valence-corrected chi connectivity index (χ2v) is 7.30. The second kappa shape index (κ2) is 11.5. The third-order valence-electron chi connectivity index (χ3n) is 4.68. The van der Waals surface area contributed by atoms with Crippen molar-refractivity contribution in [2.45, 2.75) is 26.4 Å². The van der Waals surface area contributed by atoms with E-state index >= 15 is 0 Å². The summed E-state index contributed by atoms with van der Waals surface area (Å²) in [6, 6.07) is 23.8. The quantitative estimate of drug-likeness (QED) is 0.371. The van der Waals surface area contributed by atoms with Gasteiger partial charge in [0, 0.05) is 17.7 Å². The van der Waals surface area contributed by atoms with Gasteiger partial charge in [0.1, 0.15) is 12.4 Å². The highest BCUT2D eigenvalue weighted by Gasteiger charge is 2.12. The second-order valence-electron chi connectivity index (χ2n) is 7.30. The molecule has 0 saturated carbocycles. The van der Waals surface area contributed by atoms with E-state index < -0.39 is 5.97 Å². The molecule has 0 aliphatic carbocycles. The Kier molecular flexibility index (Phi) is 8.15. The number of carbonyl (C=O) groups is 3. The van der Waals surface area contributed by atoms with E-state index in [2.05, 4.69) is 5.32 Å². The summed E-state index contributed by atoms with van der Waals surface area (Å²) in [7, 11) is 0. The number of nitrogens with one attached hydrogen (secondary N) is 1. The van der Waals surface area contributed by atoms with Crippen LogP contribution >= 0.6 is 0 Å². The Morgan fingerprint density at radius 3 is 2.19 bits per heavy atom. The normalized spacial score (nSPS) is 10.3. The number of hydrogen-bond acceptors (Lipinski definition) is 5. The molecule has 0 aromatic heterocycles. The number of rotatable bonds is 10. The number of benzene rings is 3. The maximum atomic E-state index is 12.2. The molecule has 3 aromatic carbocycles. The molecule has 0 aliphatic rings. The molecule has 0 bridgehead atoms. The number of ether oxygens (including phenoxy) is 2. The molecule has 3 aromatic rings. The molecule has 3 rings (SSSR count). The lowest BCUT2D eigenvalue weighted by Crippen LogP contribution is -2.17. The fraction of sp³-hybridized carbons (Fsp3) is 0.192. The van der Waals surface area contributed by atoms with Gasteiger partial charge in [-0.2, -0.15) is 0 Å². The van der Waals surface area contributed by atoms with Gasteiger partial charge in [0.05, 0.1) is 6.42 Å². The number of aryl methyl sites for hydroxylation is 1. The number of amides is 1. The first-order valence-corrected chi connectivity index (χ1v) is 10.3. The van der Waals surface area contributed by atoms with Crippen molar-refractivity contribution < 1.29 is 23.9 Å². The molecule has 1 amide bonds. The van der Waals surface area contributed by atoms with Crippen LogP contribution in [-0.2, 0) is 20.9 Å². The van der Waals surface area contributed by atoms with Crippen molar-refractivity contribution in [3.8, 4) is 5.75 Å². The van der Waals surface area contributed by atoms with Crippen LogP contribution in [0.3, 0.4) is 0 Å². The first kappa shape index (κ1) is 22.7. The van der Waals surface area contributed by atoms with E-state index in [4.69, 9.17) is 9.47 Å². The summed E-state index contributed by atoms with van der Waals surface area (Å²) in [5.74, 6) is -0.567. The van der Waals surface area contributed by atoms with Gasteiger partial charge in [-0.3, -0.25) is 14.4 Å². The van der Waals surface area contributed by atoms with E-state index in [1.165, 1.54) is 0 Å². The van der Waals surface area contributed by atoms with E-state index in [1.807, 2.05) is 49.4 Å². The zero-order valence-electron chi connectivity index (χ0n) is 17.9. The maximum Gasteiger partial charge on any atom is 0.306 e. The molecule has 0 fully saturated rings. The van der Waals surface area contributed by atoms with Crippen LogP contribution in [0.2, 0.25) is 0 Å². The van der Waals surface area contributed by atoms with Crippen molar-refractivity contribution in [1.29, 1.82) is 0 Å². The number of ketones is 1. The van der Waals surface area contributed by atoms with Crippen molar-refractivity contribution >= 4 is 23.3 Å². The predicted octanol–water partition coefficient (Wildman–Crippen LogP) is 4.72. The van der Waals surface area contributed by atoms with Crippen molar-refractivity contribution in [3.05, 3.63) is 95.6 Å². The van der Waals surface area contributed by atoms with Gasteiger partial charge in [-0.05, 0) is 48.9 Å². The minimum atomic E-state index is -0.597. The smallest absolute Gasteiger partial charge is 0.306 e. The molecule has 32 heavy (non-hydrogen) atoms. The fourth-order valence-electron chi connectivity index (χ4n) is 2.86. The van der Waals surface area contributed by atoms with Crippen molar-refractivity contribution in [3.63, 3.8) is 0 Å². The molecule has 0 spiro atoms. The van der Waals surface area contributed by atoms with Crippen LogP contribution in [-0.4, -0.2) is 24.3 Å². The van der Waals surface area contributed by atoms with Crippen LogP contribution in [0.1, 0.15) is 34.3 Å². The lowest BCUT2D eigenvalue weighted by atomic mass is 10.1. The van der Waals surface area contributed by atoms with Crippen LogP contribution in [0, 0.1) is 6.92 Å². The topological polar surface area (TPSA) is 81.7 Å². The summed E-state index contributed by atoms with van der Waals surface area (Å²) in [6.07, 6.45) is -0.119. The Hall–Kier alpha value is -3.93. The average molecular weight is 431 g/mol. The Balaban J connectivity index is 1.37. The third kappa shape index (κ3) is 7.40. The molecule has 0 heterocycles. The van der Waals surface area contributed by atoms with E-state index in [0.29, 0.717) is 23.6 Å². The van der Waals surface area contributed by atoms with Gasteiger partial charge >= 0.3 is 5.97 Å². The molecule has 0 saturated heterocycles. The number of carbonyl (C=O) groups excluding carboxylic acids is 3. The van der Waals surface area contributed by atoms with Gasteiger partial charge in [0.2, 0.25) is 5.91 Å². The van der Waals surface area contributed by atoms with Gasteiger partial charge in [0.15, 0.2) is 12.4 Å². The Labute approximate surface area is 187 Å². The Morgan fingerprint density at radius 1 is 0.812 bits per heavy atom. The SMILES string of the molecule is Cc1ccc(NC(=O)CCC(=O)OCC(=O)c2ccc(OCc3ccccc3)cc2)cc1. The largest absolute Gasteiger partial charge is 0.489 e. The maximum absolute atomic E-state index is 12.2. The first-order chi connectivity index (χ1) is 15.5. The average Bonchev–Trinajstić information content (AvgIpc) is 2.82. The summed E-state index contributed by atoms with van der Waals surface area (Å²) in [5, 5.41) is 2.72. The van der Waals surface area contributed by atoms with Crippen molar-refractivity contribution in [2.75, 3.05) is 11.9 Å². The zero-order chi connectivity index (χ0) is 22.8. The van der Waals surface area contributed by atoms with E-state index in [-0.39, 0.29) is 31.1 Å². The van der Waals surface area contributed by atoms with E-state index in [9.17, 15) is 14.4 Å². The number of hydrogen-bond donors (Lipinski definition) is 1. The molecule has 0 atom stereocenters. The Morgan fingerprint density at radius 2 is 1.50 bits per heavy atom. The zero-order valence-corrected chi connectivity index (χ0v) is 17.9. The van der Waals surface area contributed by atoms with Crippen LogP contribution in [0.15, 0.2) is 78.9 Å². The van der Waals surface area contributed by atoms with E-state index in [1.54, 1.807) is 36.4 Å². The monoisotopic (exact) mass is 431 g/mol. The molecule has 6 heteroatoms. The summed E-state index contributed by atoms with van der Waals surface area (Å²) in [6.45, 7) is 2.02. The van der Waals surface area contributed by atoms with E-state index in [0.717, 1.165) is 11.1 Å². The van der Waals surface area contributed by atoms with Gasteiger partial charge < -0.3 is 14.8 Å². The highest BCUT2D eigenvalue weighted by molar-refractivity contribution is 5.98. The van der Waals surface area contributed by atoms with Crippen LogP contribution < -0.4 is 10.1 Å². The van der Waals surface area contributed by atoms with Crippen LogP contribution in [0.5, 0.6) is 5.75 Å². The lowest BCUT2D eigenvalue weighted by molar-refractivity contribution is -0.143. The molecule has 1 N–H and O–H groups in total. The highest BCUT2D eigenvalue weighted by Crippen LogP contribution is 2.15. The van der Waals surface area contributed by atoms with Crippen LogP contribution in [0.25, 0.3) is 0 Å². The lowest BCUT2D eigenvalue weighted by Gasteiger charge is -2.08. The minimum Gasteiger partial charge on any atom is -0.489 e. The van der Waals surface area contributed by atoms with Crippen molar-refractivity contribution in [1.82, 2.24) is 0 Å². The van der Waals surface area contributed by atoms with Gasteiger partial charge in [0.25, 0.3) is 0 Å². The minimum absolute atomic E-state index is 0.0195. The summed E-state index contributed by atoms with van der Waals surface area (Å²) in [4.78, 5) is 36.1. The number of esters is 1. The predicted molar refractivity (Wildman–Crippen MR) is 122 cm³/mol. The molecule has 0 radical (unpaired) electrons. The highest BCUT2D eigenvalue weighted by atomic mass is 16.5. The molecule has 164 valence electrons. The van der Waals surface area contributed by atoms with Crippen molar-refractivity contribution in [2.24, 2.45) is 0 Å². The fourth-order valence-corrected chi connectivity index (χ4v) is 2.86.